The molecule has 0 bridgehead atoms. The minimum atomic E-state index is 0.238. The van der Waals surface area contributed by atoms with E-state index in [0.717, 1.165) is 12.4 Å². The fourth-order valence-corrected chi connectivity index (χ4v) is 2.47. The Morgan fingerprint density at radius 2 is 2.12 bits per heavy atom. The molecule has 5 heteroatoms. The molecule has 0 saturated heterocycles. The average molecular weight is 223 g/mol. The van der Waals surface area contributed by atoms with E-state index in [2.05, 4.69) is 34.7 Å². The first-order valence-corrected chi connectivity index (χ1v) is 6.34. The zero-order valence-corrected chi connectivity index (χ0v) is 10.2. The molecule has 5 nitrogen and oxygen atoms in total. The Balaban J connectivity index is 2.11. The van der Waals surface area contributed by atoms with Crippen molar-refractivity contribution in [3.8, 4) is 0 Å². The van der Waals surface area contributed by atoms with Crippen LogP contribution in [0.5, 0.6) is 0 Å². The number of nitrogens with zero attached hydrogens (tertiary/aromatic N) is 4. The van der Waals surface area contributed by atoms with Gasteiger partial charge in [-0.3, -0.25) is 0 Å². The van der Waals surface area contributed by atoms with Crippen LogP contribution in [0.25, 0.3) is 0 Å². The van der Waals surface area contributed by atoms with Gasteiger partial charge in [0.15, 0.2) is 5.82 Å². The van der Waals surface area contributed by atoms with Crippen molar-refractivity contribution in [3.05, 3.63) is 5.82 Å². The largest absolute Gasteiger partial charge is 0.308 e. The van der Waals surface area contributed by atoms with Crippen LogP contribution in [0, 0.1) is 0 Å². The minimum absolute atomic E-state index is 0.238. The van der Waals surface area contributed by atoms with Gasteiger partial charge in [-0.25, -0.2) is 4.68 Å². The molecule has 1 saturated carbocycles. The summed E-state index contributed by atoms with van der Waals surface area (Å²) in [6.45, 7) is 5.17. The number of nitrogens with one attached hydrogen (secondary N) is 1. The maximum Gasteiger partial charge on any atom is 0.168 e. The summed E-state index contributed by atoms with van der Waals surface area (Å²) >= 11 is 0. The molecule has 0 aliphatic heterocycles. The standard InChI is InChI=1S/C11H21N5/c1-3-12-9(2)11-13-14-15-16(11)10-7-5-4-6-8-10/h9-10,12H,3-8H2,1-2H3. The molecule has 0 spiro atoms. The molecule has 0 amide bonds. The van der Waals surface area contributed by atoms with Crippen LogP contribution in [0.2, 0.25) is 0 Å². The summed E-state index contributed by atoms with van der Waals surface area (Å²) in [5, 5.41) is 15.5. The summed E-state index contributed by atoms with van der Waals surface area (Å²) < 4.78 is 2.03. The van der Waals surface area contributed by atoms with Gasteiger partial charge < -0.3 is 5.32 Å². The number of hydrogen-bond donors (Lipinski definition) is 1. The Bertz CT molecular complexity index is 316. The molecule has 2 rings (SSSR count). The predicted octanol–water partition coefficient (Wildman–Crippen LogP) is 1.85. The van der Waals surface area contributed by atoms with Crippen molar-refractivity contribution in [2.24, 2.45) is 0 Å². The summed E-state index contributed by atoms with van der Waals surface area (Å²) in [6.07, 6.45) is 6.41. The number of rotatable bonds is 4. The van der Waals surface area contributed by atoms with Crippen molar-refractivity contribution in [1.29, 1.82) is 0 Å². The van der Waals surface area contributed by atoms with E-state index in [4.69, 9.17) is 0 Å². The molecular weight excluding hydrogens is 202 g/mol. The van der Waals surface area contributed by atoms with Crippen LogP contribution < -0.4 is 5.32 Å². The van der Waals surface area contributed by atoms with Crippen LogP contribution in [0.1, 0.15) is 63.9 Å². The van der Waals surface area contributed by atoms with Gasteiger partial charge in [-0.15, -0.1) is 5.10 Å². The van der Waals surface area contributed by atoms with Crippen molar-refractivity contribution in [2.75, 3.05) is 6.54 Å². The lowest BCUT2D eigenvalue weighted by Crippen LogP contribution is -2.25. The Kier molecular flexibility index (Phi) is 3.88. The van der Waals surface area contributed by atoms with Gasteiger partial charge >= 0.3 is 0 Å². The van der Waals surface area contributed by atoms with Gasteiger partial charge in [-0.05, 0) is 36.7 Å². The maximum absolute atomic E-state index is 4.16. The molecule has 1 N–H and O–H groups in total. The third kappa shape index (κ3) is 2.40. The van der Waals surface area contributed by atoms with Crippen molar-refractivity contribution < 1.29 is 0 Å². The van der Waals surface area contributed by atoms with E-state index in [1.165, 1.54) is 32.1 Å². The van der Waals surface area contributed by atoms with Gasteiger partial charge in [0.25, 0.3) is 0 Å². The van der Waals surface area contributed by atoms with E-state index in [1.54, 1.807) is 0 Å². The maximum atomic E-state index is 4.16. The highest BCUT2D eigenvalue weighted by Crippen LogP contribution is 2.28. The monoisotopic (exact) mass is 223 g/mol. The van der Waals surface area contributed by atoms with E-state index in [0.29, 0.717) is 6.04 Å². The predicted molar refractivity (Wildman–Crippen MR) is 62.0 cm³/mol. The normalized spacial score (nSPS) is 19.9. The van der Waals surface area contributed by atoms with Crippen LogP contribution in [0.15, 0.2) is 0 Å². The van der Waals surface area contributed by atoms with Crippen molar-refractivity contribution >= 4 is 0 Å². The summed E-state index contributed by atoms with van der Waals surface area (Å²) in [5.74, 6) is 0.980. The fourth-order valence-electron chi connectivity index (χ4n) is 2.47. The first-order valence-electron chi connectivity index (χ1n) is 6.34. The highest BCUT2D eigenvalue weighted by Gasteiger charge is 2.22. The zero-order valence-electron chi connectivity index (χ0n) is 10.2. The average Bonchev–Trinajstić information content (AvgIpc) is 2.79. The van der Waals surface area contributed by atoms with Crippen LogP contribution in [-0.2, 0) is 0 Å². The van der Waals surface area contributed by atoms with Gasteiger partial charge in [0.1, 0.15) is 0 Å². The molecule has 16 heavy (non-hydrogen) atoms. The molecule has 1 aliphatic carbocycles. The second kappa shape index (κ2) is 5.39. The van der Waals surface area contributed by atoms with Crippen LogP contribution in [0.3, 0.4) is 0 Å². The third-order valence-corrected chi connectivity index (χ3v) is 3.34. The first kappa shape index (κ1) is 11.5. The minimum Gasteiger partial charge on any atom is -0.308 e. The summed E-state index contributed by atoms with van der Waals surface area (Å²) in [6, 6.07) is 0.752. The van der Waals surface area contributed by atoms with Gasteiger partial charge in [0.05, 0.1) is 12.1 Å². The van der Waals surface area contributed by atoms with E-state index in [9.17, 15) is 0 Å². The van der Waals surface area contributed by atoms with Gasteiger partial charge in [-0.2, -0.15) is 0 Å². The van der Waals surface area contributed by atoms with Crippen molar-refractivity contribution in [3.63, 3.8) is 0 Å². The molecule has 1 aromatic rings. The molecule has 90 valence electrons. The lowest BCUT2D eigenvalue weighted by Gasteiger charge is -2.23. The second-order valence-corrected chi connectivity index (χ2v) is 4.55. The van der Waals surface area contributed by atoms with Gasteiger partial charge in [0.2, 0.25) is 0 Å². The highest BCUT2D eigenvalue weighted by atomic mass is 15.6. The van der Waals surface area contributed by atoms with Gasteiger partial charge in [-0.1, -0.05) is 26.2 Å². The molecular formula is C11H21N5. The summed E-state index contributed by atoms with van der Waals surface area (Å²) in [7, 11) is 0. The Morgan fingerprint density at radius 3 is 2.81 bits per heavy atom. The van der Waals surface area contributed by atoms with Crippen LogP contribution in [-0.4, -0.2) is 26.8 Å². The Labute approximate surface area is 96.6 Å². The summed E-state index contributed by atoms with van der Waals surface area (Å²) in [4.78, 5) is 0. The highest BCUT2D eigenvalue weighted by molar-refractivity contribution is 4.92. The SMILES string of the molecule is CCNC(C)c1nnnn1C1CCCCC1. The van der Waals surface area contributed by atoms with E-state index < -0.39 is 0 Å². The van der Waals surface area contributed by atoms with Crippen LogP contribution in [0.4, 0.5) is 0 Å². The topological polar surface area (TPSA) is 55.6 Å². The van der Waals surface area contributed by atoms with Crippen molar-refractivity contribution in [1.82, 2.24) is 25.5 Å². The number of tetrazole rings is 1. The molecule has 1 atom stereocenters. The Hall–Kier alpha value is -0.970. The van der Waals surface area contributed by atoms with E-state index in [-0.39, 0.29) is 6.04 Å². The Morgan fingerprint density at radius 1 is 1.38 bits per heavy atom. The molecule has 1 aliphatic rings. The molecule has 0 aromatic carbocycles. The zero-order chi connectivity index (χ0) is 11.4. The first-order chi connectivity index (χ1) is 7.83. The molecule has 0 radical (unpaired) electrons. The molecule has 1 aromatic heterocycles. The smallest absolute Gasteiger partial charge is 0.168 e. The second-order valence-electron chi connectivity index (χ2n) is 4.55. The number of hydrogen-bond acceptors (Lipinski definition) is 4. The van der Waals surface area contributed by atoms with Gasteiger partial charge in [0, 0.05) is 0 Å². The quantitative estimate of drug-likeness (QED) is 0.846. The van der Waals surface area contributed by atoms with Crippen LogP contribution >= 0.6 is 0 Å². The van der Waals surface area contributed by atoms with Crippen molar-refractivity contribution in [2.45, 2.75) is 58.0 Å². The molecule has 1 heterocycles. The number of aromatic nitrogens is 4. The lowest BCUT2D eigenvalue weighted by molar-refractivity contribution is 0.309. The molecule has 1 fully saturated rings. The fraction of sp³-hybridized carbons (Fsp3) is 0.909. The van der Waals surface area contributed by atoms with E-state index in [1.807, 2.05) is 4.68 Å². The lowest BCUT2D eigenvalue weighted by atomic mass is 9.95. The summed E-state index contributed by atoms with van der Waals surface area (Å²) in [5.41, 5.74) is 0. The van der Waals surface area contributed by atoms with E-state index >= 15 is 0 Å². The molecule has 1 unspecified atom stereocenters. The third-order valence-electron chi connectivity index (χ3n) is 3.34.